The number of nitrogens with zero attached hydrogens (tertiary/aromatic N) is 6. The van der Waals surface area contributed by atoms with Crippen LogP contribution in [0.1, 0.15) is 51.5 Å². The first-order chi connectivity index (χ1) is 14.0. The van der Waals surface area contributed by atoms with Crippen LogP contribution in [-0.4, -0.2) is 69.3 Å². The second-order valence-electron chi connectivity index (χ2n) is 8.14. The molecule has 0 amide bonds. The van der Waals surface area contributed by atoms with Gasteiger partial charge in [0.15, 0.2) is 5.82 Å². The Bertz CT molecular complexity index is 777. The van der Waals surface area contributed by atoms with Gasteiger partial charge in [0.2, 0.25) is 0 Å². The van der Waals surface area contributed by atoms with Gasteiger partial charge < -0.3 is 4.74 Å². The van der Waals surface area contributed by atoms with Crippen molar-refractivity contribution in [2.24, 2.45) is 0 Å². The summed E-state index contributed by atoms with van der Waals surface area (Å²) in [5.74, 6) is 1.79. The van der Waals surface area contributed by atoms with Gasteiger partial charge in [-0.1, -0.05) is 25.1 Å². The van der Waals surface area contributed by atoms with E-state index in [9.17, 15) is 0 Å². The molecule has 1 saturated heterocycles. The van der Waals surface area contributed by atoms with Gasteiger partial charge in [0.05, 0.1) is 18.2 Å². The predicted octanol–water partition coefficient (Wildman–Crippen LogP) is 3.11. The van der Waals surface area contributed by atoms with Crippen LogP contribution in [0.25, 0.3) is 0 Å². The molecule has 1 aliphatic rings. The zero-order chi connectivity index (χ0) is 20.9. The maximum atomic E-state index is 5.64. The lowest BCUT2D eigenvalue weighted by atomic mass is 9.99. The van der Waals surface area contributed by atoms with E-state index in [4.69, 9.17) is 4.74 Å². The quantitative estimate of drug-likeness (QED) is 0.605. The Labute approximate surface area is 174 Å². The van der Waals surface area contributed by atoms with Crippen LogP contribution >= 0.6 is 0 Å². The van der Waals surface area contributed by atoms with Crippen LogP contribution in [0.5, 0.6) is 5.75 Å². The van der Waals surface area contributed by atoms with Crippen molar-refractivity contribution in [1.82, 2.24) is 30.0 Å². The molecule has 0 bridgehead atoms. The maximum absolute atomic E-state index is 5.64. The molecule has 158 valence electrons. The van der Waals surface area contributed by atoms with Crippen molar-refractivity contribution in [2.45, 2.75) is 45.7 Å². The van der Waals surface area contributed by atoms with Crippen LogP contribution in [-0.2, 0) is 5.54 Å². The highest BCUT2D eigenvalue weighted by molar-refractivity contribution is 5.32. The van der Waals surface area contributed by atoms with Crippen molar-refractivity contribution >= 4 is 0 Å². The molecule has 3 rings (SSSR count). The third kappa shape index (κ3) is 4.85. The number of hydrogen-bond donors (Lipinski definition) is 0. The van der Waals surface area contributed by atoms with E-state index in [0.717, 1.165) is 50.7 Å². The predicted molar refractivity (Wildman–Crippen MR) is 115 cm³/mol. The Kier molecular flexibility index (Phi) is 7.03. The third-order valence-electron chi connectivity index (χ3n) is 5.84. The molecule has 1 aliphatic heterocycles. The number of ether oxygens (including phenoxy) is 1. The first kappa shape index (κ1) is 21.5. The number of benzene rings is 1. The van der Waals surface area contributed by atoms with Gasteiger partial charge in [0.1, 0.15) is 5.75 Å². The highest BCUT2D eigenvalue weighted by Gasteiger charge is 2.33. The Hall–Kier alpha value is -2.25. The van der Waals surface area contributed by atoms with E-state index < -0.39 is 0 Å². The van der Waals surface area contributed by atoms with Crippen LogP contribution in [0.15, 0.2) is 36.9 Å². The van der Waals surface area contributed by atoms with Crippen molar-refractivity contribution < 1.29 is 4.74 Å². The summed E-state index contributed by atoms with van der Waals surface area (Å²) in [5.41, 5.74) is 1.04. The van der Waals surface area contributed by atoms with Crippen molar-refractivity contribution in [3.05, 3.63) is 48.3 Å². The van der Waals surface area contributed by atoms with Crippen LogP contribution in [0.2, 0.25) is 0 Å². The topological polar surface area (TPSA) is 59.3 Å². The van der Waals surface area contributed by atoms with Gasteiger partial charge in [-0.15, -0.1) is 11.7 Å². The fourth-order valence-electron chi connectivity index (χ4n) is 3.77. The van der Waals surface area contributed by atoms with E-state index in [1.165, 1.54) is 5.56 Å². The second kappa shape index (κ2) is 9.50. The summed E-state index contributed by atoms with van der Waals surface area (Å²) < 4.78 is 7.64. The summed E-state index contributed by atoms with van der Waals surface area (Å²) in [4.78, 5) is 4.92. The van der Waals surface area contributed by atoms with Crippen LogP contribution in [0.4, 0.5) is 0 Å². The zero-order valence-corrected chi connectivity index (χ0v) is 18.2. The van der Waals surface area contributed by atoms with Gasteiger partial charge in [-0.25, -0.2) is 4.68 Å². The summed E-state index contributed by atoms with van der Waals surface area (Å²) in [6.07, 6.45) is 2.93. The fraction of sp³-hybridized carbons (Fsp3) is 0.591. The molecule has 1 aromatic carbocycles. The smallest absolute Gasteiger partial charge is 0.173 e. The molecule has 7 heteroatoms. The van der Waals surface area contributed by atoms with E-state index in [1.54, 1.807) is 0 Å². The van der Waals surface area contributed by atoms with Gasteiger partial charge in [0, 0.05) is 32.7 Å². The molecule has 0 N–H and O–H groups in total. The molecule has 0 aliphatic carbocycles. The van der Waals surface area contributed by atoms with Crippen LogP contribution in [0.3, 0.4) is 0 Å². The Morgan fingerprint density at radius 3 is 2.41 bits per heavy atom. The van der Waals surface area contributed by atoms with Gasteiger partial charge in [-0.2, -0.15) is 0 Å². The molecular weight excluding hydrogens is 364 g/mol. The molecule has 0 unspecified atom stereocenters. The van der Waals surface area contributed by atoms with Gasteiger partial charge in [0.25, 0.3) is 0 Å². The van der Waals surface area contributed by atoms with E-state index in [-0.39, 0.29) is 11.6 Å². The Balaban J connectivity index is 1.95. The van der Waals surface area contributed by atoms with Crippen LogP contribution in [0, 0.1) is 0 Å². The normalized spacial score (nSPS) is 17.2. The Morgan fingerprint density at radius 2 is 1.83 bits per heavy atom. The maximum Gasteiger partial charge on any atom is 0.173 e. The third-order valence-corrected chi connectivity index (χ3v) is 5.84. The van der Waals surface area contributed by atoms with Crippen molar-refractivity contribution in [2.75, 3.05) is 39.3 Å². The van der Waals surface area contributed by atoms with Gasteiger partial charge in [-0.05, 0) is 55.3 Å². The summed E-state index contributed by atoms with van der Waals surface area (Å²) in [6, 6.07) is 8.38. The van der Waals surface area contributed by atoms with E-state index in [1.807, 2.05) is 29.8 Å². The highest BCUT2D eigenvalue weighted by atomic mass is 16.5. The summed E-state index contributed by atoms with van der Waals surface area (Å²) >= 11 is 0. The summed E-state index contributed by atoms with van der Waals surface area (Å²) in [5, 5.41) is 12.9. The van der Waals surface area contributed by atoms with E-state index in [0.29, 0.717) is 6.61 Å². The minimum Gasteiger partial charge on any atom is -0.494 e. The average Bonchev–Trinajstić information content (AvgIpc) is 3.21. The lowest BCUT2D eigenvalue weighted by Gasteiger charge is -2.39. The fourth-order valence-corrected chi connectivity index (χ4v) is 3.77. The summed E-state index contributed by atoms with van der Waals surface area (Å²) in [7, 11) is 0. The number of rotatable bonds is 9. The largest absolute Gasteiger partial charge is 0.494 e. The van der Waals surface area contributed by atoms with Crippen molar-refractivity contribution in [3.63, 3.8) is 0 Å². The summed E-state index contributed by atoms with van der Waals surface area (Å²) in [6.45, 7) is 18.0. The first-order valence-corrected chi connectivity index (χ1v) is 10.6. The number of aromatic nitrogens is 4. The molecule has 0 spiro atoms. The van der Waals surface area contributed by atoms with Gasteiger partial charge in [-0.3, -0.25) is 9.80 Å². The first-order valence-electron chi connectivity index (χ1n) is 10.6. The zero-order valence-electron chi connectivity index (χ0n) is 18.2. The van der Waals surface area contributed by atoms with Crippen LogP contribution < -0.4 is 4.74 Å². The highest BCUT2D eigenvalue weighted by Crippen LogP contribution is 2.32. The van der Waals surface area contributed by atoms with Gasteiger partial charge >= 0.3 is 0 Å². The molecule has 1 fully saturated rings. The van der Waals surface area contributed by atoms with Crippen molar-refractivity contribution in [1.29, 1.82) is 0 Å². The number of tetrazole rings is 1. The number of hydrogen-bond acceptors (Lipinski definition) is 6. The lowest BCUT2D eigenvalue weighted by Crippen LogP contribution is -2.48. The Morgan fingerprint density at radius 1 is 1.14 bits per heavy atom. The number of piperazine rings is 1. The molecule has 0 radical (unpaired) electrons. The SMILES string of the molecule is C=CCN1CCN([C@@H](c2ccc(OCC)cc2)c2nnnn2C(C)(C)CC)CC1. The molecule has 0 saturated carbocycles. The molecule has 29 heavy (non-hydrogen) atoms. The lowest BCUT2D eigenvalue weighted by molar-refractivity contribution is 0.109. The molecule has 1 aromatic heterocycles. The molecule has 7 nitrogen and oxygen atoms in total. The monoisotopic (exact) mass is 398 g/mol. The minimum atomic E-state index is -0.146. The average molecular weight is 399 g/mol. The minimum absolute atomic E-state index is 0.0115. The molecule has 1 atom stereocenters. The molecular formula is C22H34N6O. The molecule has 2 heterocycles. The van der Waals surface area contributed by atoms with E-state index >= 15 is 0 Å². The standard InChI is InChI=1S/C22H34N6O/c1-6-13-26-14-16-27(17-15-26)20(18-9-11-19(12-10-18)29-8-3)21-23-24-25-28(21)22(4,5)7-2/h6,9-12,20H,1,7-8,13-17H2,2-5H3/t20-/m0/s1. The molecule has 2 aromatic rings. The second-order valence-corrected chi connectivity index (χ2v) is 8.14. The van der Waals surface area contributed by atoms with E-state index in [2.05, 4.69) is 64.8 Å². The van der Waals surface area contributed by atoms with Crippen molar-refractivity contribution in [3.8, 4) is 5.75 Å².